The van der Waals surface area contributed by atoms with Crippen molar-refractivity contribution >= 4 is 29.3 Å². The summed E-state index contributed by atoms with van der Waals surface area (Å²) in [5.41, 5.74) is 0.532. The molecule has 27 heavy (non-hydrogen) atoms. The number of sulfonamides is 1. The molecule has 3 aliphatic rings. The Balaban J connectivity index is 1.51. The van der Waals surface area contributed by atoms with Crippen molar-refractivity contribution in [1.82, 2.24) is 4.31 Å². The standard InChI is InChI=1S/C16H17BN2O7S/c20-16(21)14-12(4-3-10-5-6-17(22)26-15(10)14)25-11-8-19(9-11)27(23,24)13-2-1-7-18-13/h2-4,7,11,22H,1,5-6,8-9H2,(H,20,21). The van der Waals surface area contributed by atoms with Gasteiger partial charge in [0.1, 0.15) is 23.2 Å². The summed E-state index contributed by atoms with van der Waals surface area (Å²) >= 11 is 0. The molecular weight excluding hydrogens is 375 g/mol. The lowest BCUT2D eigenvalue weighted by Gasteiger charge is -2.38. The predicted octanol–water partition coefficient (Wildman–Crippen LogP) is 0.509. The van der Waals surface area contributed by atoms with Gasteiger partial charge in [0.2, 0.25) is 0 Å². The van der Waals surface area contributed by atoms with E-state index in [-0.39, 0.29) is 35.2 Å². The Morgan fingerprint density at radius 3 is 2.81 bits per heavy atom. The van der Waals surface area contributed by atoms with Crippen molar-refractivity contribution in [2.45, 2.75) is 25.3 Å². The van der Waals surface area contributed by atoms with Crippen LogP contribution < -0.4 is 9.39 Å². The minimum atomic E-state index is -3.63. The summed E-state index contributed by atoms with van der Waals surface area (Å²) in [5, 5.41) is 19.3. The molecule has 3 heterocycles. The van der Waals surface area contributed by atoms with Gasteiger partial charge in [-0.25, -0.2) is 18.2 Å². The maximum absolute atomic E-state index is 12.4. The first-order valence-electron chi connectivity index (χ1n) is 8.49. The summed E-state index contributed by atoms with van der Waals surface area (Å²) in [6, 6.07) is 3.25. The van der Waals surface area contributed by atoms with E-state index in [1.165, 1.54) is 16.6 Å². The van der Waals surface area contributed by atoms with Gasteiger partial charge in [-0.2, -0.15) is 4.31 Å². The average molecular weight is 392 g/mol. The minimum absolute atomic E-state index is 0.0309. The van der Waals surface area contributed by atoms with Gasteiger partial charge >= 0.3 is 13.1 Å². The number of carboxylic acids is 1. The molecule has 142 valence electrons. The molecule has 0 saturated carbocycles. The van der Waals surface area contributed by atoms with Crippen LogP contribution in [0, 0.1) is 0 Å². The molecule has 0 aliphatic carbocycles. The van der Waals surface area contributed by atoms with Crippen LogP contribution >= 0.6 is 0 Å². The lowest BCUT2D eigenvalue weighted by atomic mass is 9.78. The number of rotatable bonds is 5. The zero-order valence-electron chi connectivity index (χ0n) is 14.2. The largest absolute Gasteiger partial charge is 0.535 e. The highest BCUT2D eigenvalue weighted by Gasteiger charge is 2.40. The molecule has 0 aromatic heterocycles. The number of fused-ring (bicyclic) bond motifs is 1. The summed E-state index contributed by atoms with van der Waals surface area (Å²) < 4.78 is 37.0. The first-order valence-corrected chi connectivity index (χ1v) is 9.93. The van der Waals surface area contributed by atoms with Crippen molar-refractivity contribution in [2.24, 2.45) is 4.99 Å². The molecule has 0 spiro atoms. The molecule has 3 aliphatic heterocycles. The van der Waals surface area contributed by atoms with E-state index in [9.17, 15) is 23.3 Å². The van der Waals surface area contributed by atoms with Gasteiger partial charge in [-0.3, -0.25) is 0 Å². The molecule has 0 amide bonds. The Bertz CT molecular complexity index is 954. The fraction of sp³-hybridized carbons (Fsp3) is 0.375. The van der Waals surface area contributed by atoms with Gasteiger partial charge in [-0.15, -0.1) is 0 Å². The van der Waals surface area contributed by atoms with Crippen LogP contribution in [0.3, 0.4) is 0 Å². The minimum Gasteiger partial charge on any atom is -0.535 e. The monoisotopic (exact) mass is 392 g/mol. The SMILES string of the molecule is O=C(O)c1c(OC2CN(S(=O)(=O)C3=CCC=N3)C2)ccc2c1OB(O)CC2. The number of hydrogen-bond donors (Lipinski definition) is 2. The van der Waals surface area contributed by atoms with E-state index in [0.717, 1.165) is 0 Å². The lowest BCUT2D eigenvalue weighted by Crippen LogP contribution is -2.56. The maximum Gasteiger partial charge on any atom is 0.522 e. The Hall–Kier alpha value is -2.37. The number of benzene rings is 1. The number of carbonyl (C=O) groups is 1. The number of hydrogen-bond acceptors (Lipinski definition) is 7. The van der Waals surface area contributed by atoms with Crippen molar-refractivity contribution in [3.05, 3.63) is 34.4 Å². The van der Waals surface area contributed by atoms with Gasteiger partial charge < -0.3 is 19.5 Å². The molecule has 0 bridgehead atoms. The van der Waals surface area contributed by atoms with Crippen molar-refractivity contribution in [1.29, 1.82) is 0 Å². The van der Waals surface area contributed by atoms with Gasteiger partial charge in [0, 0.05) is 12.6 Å². The van der Waals surface area contributed by atoms with Crippen LogP contribution in [-0.4, -0.2) is 61.3 Å². The van der Waals surface area contributed by atoms with Crippen molar-refractivity contribution in [3.63, 3.8) is 0 Å². The number of nitrogens with zero attached hydrogens (tertiary/aromatic N) is 2. The molecule has 0 unspecified atom stereocenters. The van der Waals surface area contributed by atoms with Crippen LogP contribution in [0.1, 0.15) is 22.3 Å². The van der Waals surface area contributed by atoms with E-state index in [1.807, 2.05) is 0 Å². The average Bonchev–Trinajstić information content (AvgIpc) is 3.12. The van der Waals surface area contributed by atoms with Crippen LogP contribution in [0.15, 0.2) is 28.2 Å². The zero-order valence-corrected chi connectivity index (χ0v) is 15.1. The Morgan fingerprint density at radius 1 is 1.37 bits per heavy atom. The van der Waals surface area contributed by atoms with Gasteiger partial charge in [0.25, 0.3) is 10.0 Å². The molecule has 2 N–H and O–H groups in total. The maximum atomic E-state index is 12.4. The van der Waals surface area contributed by atoms with Crippen molar-refractivity contribution < 1.29 is 32.7 Å². The topological polar surface area (TPSA) is 126 Å². The fourth-order valence-corrected chi connectivity index (χ4v) is 4.72. The third-order valence-electron chi connectivity index (χ3n) is 4.66. The second-order valence-electron chi connectivity index (χ2n) is 6.49. The number of aliphatic imine (C=N–C) groups is 1. The van der Waals surface area contributed by atoms with E-state index in [4.69, 9.17) is 9.39 Å². The number of ether oxygens (including phenoxy) is 1. The van der Waals surface area contributed by atoms with E-state index in [0.29, 0.717) is 24.7 Å². The molecule has 0 atom stereocenters. The number of aromatic carboxylic acids is 1. The summed E-state index contributed by atoms with van der Waals surface area (Å²) in [6.07, 6.45) is 3.97. The quantitative estimate of drug-likeness (QED) is 0.700. The number of allylic oxidation sites excluding steroid dienone is 1. The van der Waals surface area contributed by atoms with Crippen LogP contribution in [0.5, 0.6) is 11.5 Å². The first kappa shape index (κ1) is 18.0. The van der Waals surface area contributed by atoms with E-state index in [2.05, 4.69) is 4.99 Å². The Kier molecular flexibility index (Phi) is 4.45. The highest BCUT2D eigenvalue weighted by Crippen LogP contribution is 2.37. The fourth-order valence-electron chi connectivity index (χ4n) is 3.22. The third-order valence-corrected chi connectivity index (χ3v) is 6.44. The number of aryl methyl sites for hydroxylation is 1. The highest BCUT2D eigenvalue weighted by atomic mass is 32.2. The molecular formula is C16H17BN2O7S. The van der Waals surface area contributed by atoms with E-state index in [1.54, 1.807) is 12.1 Å². The van der Waals surface area contributed by atoms with Crippen LogP contribution in [-0.2, 0) is 16.4 Å². The smallest absolute Gasteiger partial charge is 0.522 e. The molecule has 11 heteroatoms. The second-order valence-corrected chi connectivity index (χ2v) is 8.38. The van der Waals surface area contributed by atoms with Crippen molar-refractivity contribution in [3.8, 4) is 11.5 Å². The van der Waals surface area contributed by atoms with Crippen LogP contribution in [0.25, 0.3) is 0 Å². The number of carboxylic acid groups (broad SMARTS) is 1. The third kappa shape index (κ3) is 3.22. The molecule has 0 radical (unpaired) electrons. The van der Waals surface area contributed by atoms with Gasteiger partial charge in [0.05, 0.1) is 13.1 Å². The van der Waals surface area contributed by atoms with E-state index < -0.39 is 29.2 Å². The Morgan fingerprint density at radius 2 is 2.15 bits per heavy atom. The Labute approximate surface area is 156 Å². The molecule has 1 fully saturated rings. The summed E-state index contributed by atoms with van der Waals surface area (Å²) in [5.74, 6) is -1.03. The van der Waals surface area contributed by atoms with Gasteiger partial charge in [-0.1, -0.05) is 6.07 Å². The zero-order chi connectivity index (χ0) is 19.2. The molecule has 4 rings (SSSR count). The lowest BCUT2D eigenvalue weighted by molar-refractivity contribution is 0.0634. The van der Waals surface area contributed by atoms with Crippen LogP contribution in [0.4, 0.5) is 0 Å². The summed E-state index contributed by atoms with van der Waals surface area (Å²) in [7, 11) is -4.69. The summed E-state index contributed by atoms with van der Waals surface area (Å²) in [6.45, 7) is 0.212. The van der Waals surface area contributed by atoms with Crippen LogP contribution in [0.2, 0.25) is 6.32 Å². The highest BCUT2D eigenvalue weighted by molar-refractivity contribution is 7.93. The predicted molar refractivity (Wildman–Crippen MR) is 96.6 cm³/mol. The first-order chi connectivity index (χ1) is 12.9. The van der Waals surface area contributed by atoms with Gasteiger partial charge in [-0.05, 0) is 30.4 Å². The van der Waals surface area contributed by atoms with E-state index >= 15 is 0 Å². The van der Waals surface area contributed by atoms with Crippen molar-refractivity contribution in [2.75, 3.05) is 13.1 Å². The summed E-state index contributed by atoms with van der Waals surface area (Å²) in [4.78, 5) is 15.6. The molecule has 1 saturated heterocycles. The molecule has 1 aromatic carbocycles. The molecule has 1 aromatic rings. The normalized spacial score (nSPS) is 19.9. The second kappa shape index (κ2) is 6.66. The van der Waals surface area contributed by atoms with Gasteiger partial charge in [0.15, 0.2) is 5.03 Å². The molecule has 9 nitrogen and oxygen atoms in total.